The molecule has 2 saturated heterocycles. The summed E-state index contributed by atoms with van der Waals surface area (Å²) in [6, 6.07) is 0. The van der Waals surface area contributed by atoms with Gasteiger partial charge >= 0.3 is 12.1 Å². The number of hydrogen-bond acceptors (Lipinski definition) is 10. The van der Waals surface area contributed by atoms with E-state index in [0.717, 1.165) is 0 Å². The molecule has 1 aromatic heterocycles. The number of esters is 1. The van der Waals surface area contributed by atoms with Crippen molar-refractivity contribution >= 4 is 30.2 Å². The largest absolute Gasteiger partial charge is 0.485 e. The average Bonchev–Trinajstić information content (AvgIpc) is 3.18. The van der Waals surface area contributed by atoms with Crippen LogP contribution in [0.5, 0.6) is 0 Å². The summed E-state index contributed by atoms with van der Waals surface area (Å²) in [6.07, 6.45) is 0.726. The summed E-state index contributed by atoms with van der Waals surface area (Å²) in [4.78, 5) is 40.2. The normalized spacial score (nSPS) is 19.1. The van der Waals surface area contributed by atoms with Crippen LogP contribution in [0.4, 0.5) is 24.8 Å². The van der Waals surface area contributed by atoms with E-state index in [4.69, 9.17) is 9.47 Å². The lowest BCUT2D eigenvalue weighted by Crippen LogP contribution is -2.52. The first-order valence-corrected chi connectivity index (χ1v) is 11.5. The molecule has 0 spiro atoms. The van der Waals surface area contributed by atoms with Crippen LogP contribution in [0.3, 0.4) is 0 Å². The molecule has 2 aliphatic heterocycles. The fraction of sp³-hybridized carbons (Fsp3) is 0.522. The fourth-order valence-electron chi connectivity index (χ4n) is 3.55. The predicted molar refractivity (Wildman–Crippen MR) is 128 cm³/mol. The third kappa shape index (κ3) is 7.90. The lowest BCUT2D eigenvalue weighted by atomic mass is 10.0. The van der Waals surface area contributed by atoms with Gasteiger partial charge in [-0.2, -0.15) is 13.2 Å². The van der Waals surface area contributed by atoms with E-state index in [-0.39, 0.29) is 23.7 Å². The molecule has 202 valence electrons. The number of hydrogen-bond donors (Lipinski definition) is 1. The number of ether oxygens (including phenoxy) is 3. The van der Waals surface area contributed by atoms with Crippen LogP contribution in [-0.4, -0.2) is 87.3 Å². The van der Waals surface area contributed by atoms with E-state index < -0.39 is 18.9 Å². The number of anilines is 2. The van der Waals surface area contributed by atoms with Crippen molar-refractivity contribution in [1.82, 2.24) is 15.3 Å². The van der Waals surface area contributed by atoms with Gasteiger partial charge in [0.2, 0.25) is 11.8 Å². The summed E-state index contributed by atoms with van der Waals surface area (Å²) in [5, 5.41) is 2.91. The molecule has 0 aliphatic carbocycles. The number of likely N-dealkylation sites (N-methyl/N-ethyl adjacent to an activating group) is 1. The number of aromatic nitrogens is 2. The van der Waals surface area contributed by atoms with Crippen molar-refractivity contribution in [3.63, 3.8) is 0 Å². The van der Waals surface area contributed by atoms with Crippen molar-refractivity contribution < 1.29 is 37.0 Å². The number of rotatable bonds is 12. The van der Waals surface area contributed by atoms with E-state index in [1.165, 1.54) is 29.4 Å². The third-order valence-corrected chi connectivity index (χ3v) is 5.52. The Bertz CT molecular complexity index is 1020. The number of amides is 1. The van der Waals surface area contributed by atoms with Gasteiger partial charge in [0.1, 0.15) is 6.61 Å². The van der Waals surface area contributed by atoms with Crippen molar-refractivity contribution in [3.05, 3.63) is 36.2 Å². The molecule has 11 nitrogen and oxygen atoms in total. The molecule has 1 atom stereocenters. The molecule has 0 radical (unpaired) electrons. The highest BCUT2D eigenvalue weighted by Crippen LogP contribution is 2.26. The van der Waals surface area contributed by atoms with Gasteiger partial charge in [-0.05, 0) is 26.8 Å². The summed E-state index contributed by atoms with van der Waals surface area (Å²) < 4.78 is 52.2. The summed E-state index contributed by atoms with van der Waals surface area (Å²) >= 11 is 0. The van der Waals surface area contributed by atoms with Crippen LogP contribution >= 0.6 is 0 Å². The van der Waals surface area contributed by atoms with E-state index in [1.807, 2.05) is 4.90 Å². The zero-order chi connectivity index (χ0) is 27.0. The molecule has 0 unspecified atom stereocenters. The number of alkyl halides is 3. The van der Waals surface area contributed by atoms with Crippen molar-refractivity contribution in [2.24, 2.45) is 10.9 Å². The minimum absolute atomic E-state index is 0.223. The molecule has 3 rings (SSSR count). The van der Waals surface area contributed by atoms with Crippen molar-refractivity contribution in [2.45, 2.75) is 25.6 Å². The van der Waals surface area contributed by atoms with E-state index in [0.29, 0.717) is 56.6 Å². The van der Waals surface area contributed by atoms with E-state index in [1.54, 1.807) is 14.0 Å². The molecule has 14 heteroatoms. The zero-order valence-electron chi connectivity index (χ0n) is 20.5. The lowest BCUT2D eigenvalue weighted by molar-refractivity contribution is -0.164. The van der Waals surface area contributed by atoms with Gasteiger partial charge in [-0.3, -0.25) is 9.59 Å². The molecule has 2 fully saturated rings. The third-order valence-electron chi connectivity index (χ3n) is 5.52. The second-order valence-electron chi connectivity index (χ2n) is 8.34. The van der Waals surface area contributed by atoms with Crippen LogP contribution in [0.15, 0.2) is 41.2 Å². The highest BCUT2D eigenvalue weighted by molar-refractivity contribution is 5.98. The van der Waals surface area contributed by atoms with E-state index in [2.05, 4.69) is 31.7 Å². The van der Waals surface area contributed by atoms with Crippen molar-refractivity contribution in [2.75, 3.05) is 56.2 Å². The summed E-state index contributed by atoms with van der Waals surface area (Å²) in [7, 11) is 1.78. The zero-order valence-corrected chi connectivity index (χ0v) is 20.5. The molecule has 37 heavy (non-hydrogen) atoms. The first-order valence-electron chi connectivity index (χ1n) is 11.5. The van der Waals surface area contributed by atoms with Crippen LogP contribution in [-0.2, 0) is 23.8 Å². The van der Waals surface area contributed by atoms with Gasteiger partial charge in [0.15, 0.2) is 12.7 Å². The minimum Gasteiger partial charge on any atom is -0.485 e. The Morgan fingerprint density at radius 3 is 2.59 bits per heavy atom. The van der Waals surface area contributed by atoms with Gasteiger partial charge < -0.3 is 29.3 Å². The molecule has 0 bridgehead atoms. The van der Waals surface area contributed by atoms with Gasteiger partial charge in [0.25, 0.3) is 5.91 Å². The molecule has 1 N–H and O–H groups in total. The number of aliphatic imine (C=N–C) groups is 1. The molecule has 0 saturated carbocycles. The van der Waals surface area contributed by atoms with Gasteiger partial charge in [-0.1, -0.05) is 0 Å². The molecular weight excluding hydrogens is 497 g/mol. The minimum atomic E-state index is -4.50. The Balaban J connectivity index is 1.50. The Morgan fingerprint density at radius 1 is 1.27 bits per heavy atom. The molecule has 1 aromatic rings. The van der Waals surface area contributed by atoms with Crippen molar-refractivity contribution in [1.29, 1.82) is 0 Å². The highest BCUT2D eigenvalue weighted by Gasteiger charge is 2.37. The van der Waals surface area contributed by atoms with E-state index in [9.17, 15) is 22.8 Å². The second kappa shape index (κ2) is 12.5. The number of carbonyl (C=O) groups is 2. The molecule has 1 amide bonds. The van der Waals surface area contributed by atoms with Crippen LogP contribution < -0.4 is 15.1 Å². The Hall–Kier alpha value is -3.68. The average molecular weight is 527 g/mol. The number of halogens is 3. The Labute approximate surface area is 212 Å². The first kappa shape index (κ1) is 27.9. The Kier molecular flexibility index (Phi) is 9.44. The van der Waals surface area contributed by atoms with E-state index >= 15 is 0 Å². The number of allylic oxidation sites excluding steroid dienone is 3. The number of nitrogens with zero attached hydrogens (tertiary/aromatic N) is 5. The standard InChI is InChI=1S/C23H29F3N6O5/c1-15(4-5-19(28-3)36-14-23(24,25)26)37-18-6-8-32(20(18)33)17-10-29-22(30-11-17)31-12-16(13-31)21(34)35-9-7-27-2/h4-5,10-11,16,18,27H,3,6-9,12-14H2,1-2H3/b15-4+,19-5+/t18-/m1/s1. The van der Waals surface area contributed by atoms with Crippen molar-refractivity contribution in [3.8, 4) is 0 Å². The maximum Gasteiger partial charge on any atom is 0.422 e. The maximum absolute atomic E-state index is 12.8. The van der Waals surface area contributed by atoms with Crippen LogP contribution in [0.1, 0.15) is 13.3 Å². The smallest absolute Gasteiger partial charge is 0.422 e. The predicted octanol–water partition coefficient (Wildman–Crippen LogP) is 1.82. The molecular formula is C23H29F3N6O5. The maximum atomic E-state index is 12.8. The topological polar surface area (TPSA) is 118 Å². The summed E-state index contributed by atoms with van der Waals surface area (Å²) in [5.74, 6) is -0.345. The highest BCUT2D eigenvalue weighted by atomic mass is 19.4. The number of nitrogens with one attached hydrogen (secondary N) is 1. The Morgan fingerprint density at radius 2 is 1.97 bits per heavy atom. The molecule has 3 heterocycles. The summed E-state index contributed by atoms with van der Waals surface area (Å²) in [5.41, 5.74) is 0.503. The van der Waals surface area contributed by atoms with Gasteiger partial charge in [-0.15, -0.1) is 0 Å². The van der Waals surface area contributed by atoms with Gasteiger partial charge in [-0.25, -0.2) is 15.0 Å². The van der Waals surface area contributed by atoms with Gasteiger partial charge in [0.05, 0.1) is 29.8 Å². The van der Waals surface area contributed by atoms with Crippen LogP contribution in [0.2, 0.25) is 0 Å². The quantitative estimate of drug-likeness (QED) is 0.143. The monoisotopic (exact) mass is 526 g/mol. The lowest BCUT2D eigenvalue weighted by Gasteiger charge is -2.37. The molecule has 0 aromatic carbocycles. The summed E-state index contributed by atoms with van der Waals surface area (Å²) in [6.45, 7) is 5.45. The molecule has 2 aliphatic rings. The fourth-order valence-corrected chi connectivity index (χ4v) is 3.55. The van der Waals surface area contributed by atoms with Crippen LogP contribution in [0, 0.1) is 5.92 Å². The first-order chi connectivity index (χ1) is 17.6. The second-order valence-corrected chi connectivity index (χ2v) is 8.34. The van der Waals surface area contributed by atoms with Gasteiger partial charge in [0, 0.05) is 38.7 Å². The SMILES string of the molecule is C=N/C(=C\C=C(/C)O[C@@H]1CCN(c2cnc(N3CC(C(=O)OCCNC)C3)nc2)C1=O)OCC(F)(F)F. The van der Waals surface area contributed by atoms with Crippen LogP contribution in [0.25, 0.3) is 0 Å². The number of carbonyl (C=O) groups excluding carboxylic acids is 2.